The Balaban J connectivity index is 1.25. The lowest BCUT2D eigenvalue weighted by Gasteiger charge is -2.32. The zero-order valence-corrected chi connectivity index (χ0v) is 17.7. The van der Waals surface area contributed by atoms with Crippen LogP contribution in [0.15, 0.2) is 35.9 Å². The second-order valence-electron chi connectivity index (χ2n) is 9.09. The van der Waals surface area contributed by atoms with Gasteiger partial charge in [0, 0.05) is 30.1 Å². The number of benzene rings is 1. The van der Waals surface area contributed by atoms with Gasteiger partial charge in [-0.25, -0.2) is 0 Å². The summed E-state index contributed by atoms with van der Waals surface area (Å²) in [5.74, 6) is 0.570. The minimum atomic E-state index is 0.0556. The summed E-state index contributed by atoms with van der Waals surface area (Å²) in [5.41, 5.74) is 3.86. The summed E-state index contributed by atoms with van der Waals surface area (Å²) < 4.78 is 0. The van der Waals surface area contributed by atoms with E-state index < -0.39 is 0 Å². The number of nitrogens with one attached hydrogen (secondary N) is 1. The number of allylic oxidation sites excluding steroid dienone is 1. The Morgan fingerprint density at radius 1 is 1.07 bits per heavy atom. The Kier molecular flexibility index (Phi) is 6.37. The number of hydrogen-bond acceptors (Lipinski definition) is 2. The van der Waals surface area contributed by atoms with Crippen molar-refractivity contribution >= 4 is 17.5 Å². The molecular formula is C25H34N2O2. The highest BCUT2D eigenvalue weighted by Crippen LogP contribution is 2.37. The molecule has 2 amide bonds. The summed E-state index contributed by atoms with van der Waals surface area (Å²) in [6.07, 6.45) is 12.6. The zero-order chi connectivity index (χ0) is 20.2. The number of fused-ring (bicyclic) bond motifs is 1. The van der Waals surface area contributed by atoms with Crippen molar-refractivity contribution in [2.24, 2.45) is 11.8 Å². The van der Waals surface area contributed by atoms with E-state index in [4.69, 9.17) is 0 Å². The van der Waals surface area contributed by atoms with E-state index in [0.29, 0.717) is 0 Å². The third-order valence-corrected chi connectivity index (χ3v) is 7.02. The van der Waals surface area contributed by atoms with Gasteiger partial charge in [0.25, 0.3) is 0 Å². The first-order valence-corrected chi connectivity index (χ1v) is 11.5. The molecule has 0 bridgehead atoms. The first-order valence-electron chi connectivity index (χ1n) is 11.5. The number of para-hydroxylation sites is 1. The SMILES string of the molecule is CC1Cc2ccccc2N1C(=O)C1CCC(C(=O)NCCC2=CCCCC2)CC1. The zero-order valence-electron chi connectivity index (χ0n) is 17.7. The number of hydrogen-bond donors (Lipinski definition) is 1. The molecule has 1 aromatic rings. The lowest BCUT2D eigenvalue weighted by atomic mass is 9.80. The fourth-order valence-electron chi connectivity index (χ4n) is 5.32. The van der Waals surface area contributed by atoms with E-state index in [2.05, 4.69) is 30.4 Å². The van der Waals surface area contributed by atoms with E-state index in [1.54, 1.807) is 0 Å². The molecule has 2 aliphatic carbocycles. The predicted molar refractivity (Wildman–Crippen MR) is 117 cm³/mol. The highest BCUT2D eigenvalue weighted by molar-refractivity contribution is 5.97. The second-order valence-corrected chi connectivity index (χ2v) is 9.09. The Hall–Kier alpha value is -2.10. The van der Waals surface area contributed by atoms with Gasteiger partial charge in [0.05, 0.1) is 0 Å². The molecule has 29 heavy (non-hydrogen) atoms. The minimum absolute atomic E-state index is 0.0556. The number of carbonyl (C=O) groups is 2. The molecule has 1 aromatic carbocycles. The second kappa shape index (κ2) is 9.15. The standard InChI is InChI=1S/C25H34N2O2/c1-18-17-22-9-5-6-10-23(22)27(18)25(29)21-13-11-20(12-14-21)24(28)26-16-15-19-7-3-2-4-8-19/h5-7,9-10,18,20-21H,2-4,8,11-17H2,1H3,(H,26,28). The van der Waals surface area contributed by atoms with Crippen molar-refractivity contribution in [2.45, 2.75) is 77.2 Å². The third-order valence-electron chi connectivity index (χ3n) is 7.02. The van der Waals surface area contributed by atoms with Crippen molar-refractivity contribution < 1.29 is 9.59 Å². The van der Waals surface area contributed by atoms with Crippen LogP contribution in [0.3, 0.4) is 0 Å². The molecule has 4 nitrogen and oxygen atoms in total. The minimum Gasteiger partial charge on any atom is -0.356 e. The van der Waals surface area contributed by atoms with E-state index in [0.717, 1.165) is 50.8 Å². The van der Waals surface area contributed by atoms with E-state index in [1.807, 2.05) is 17.0 Å². The molecule has 0 radical (unpaired) electrons. The number of carbonyl (C=O) groups excluding carboxylic acids is 2. The van der Waals surface area contributed by atoms with Crippen LogP contribution < -0.4 is 10.2 Å². The number of amides is 2. The molecule has 3 aliphatic rings. The number of nitrogens with zero attached hydrogens (tertiary/aromatic N) is 1. The molecule has 0 spiro atoms. The number of anilines is 1. The van der Waals surface area contributed by atoms with Gasteiger partial charge in [0.2, 0.25) is 11.8 Å². The van der Waals surface area contributed by atoms with Gasteiger partial charge in [0.15, 0.2) is 0 Å². The molecule has 0 saturated heterocycles. The molecule has 1 fully saturated rings. The maximum Gasteiger partial charge on any atom is 0.230 e. The fourth-order valence-corrected chi connectivity index (χ4v) is 5.32. The van der Waals surface area contributed by atoms with Crippen LogP contribution in [0.2, 0.25) is 0 Å². The summed E-state index contributed by atoms with van der Waals surface area (Å²) in [6, 6.07) is 8.49. The normalized spacial score (nSPS) is 26.6. The van der Waals surface area contributed by atoms with Crippen molar-refractivity contribution in [3.8, 4) is 0 Å². The van der Waals surface area contributed by atoms with E-state index in [-0.39, 0.29) is 29.7 Å². The Bertz CT molecular complexity index is 777. The molecule has 1 heterocycles. The van der Waals surface area contributed by atoms with Crippen LogP contribution in [0.5, 0.6) is 0 Å². The van der Waals surface area contributed by atoms with Gasteiger partial charge in [-0.15, -0.1) is 0 Å². The van der Waals surface area contributed by atoms with E-state index >= 15 is 0 Å². The first kappa shape index (κ1) is 20.2. The van der Waals surface area contributed by atoms with Gasteiger partial charge < -0.3 is 10.2 Å². The van der Waals surface area contributed by atoms with Gasteiger partial charge in [-0.1, -0.05) is 29.8 Å². The summed E-state index contributed by atoms with van der Waals surface area (Å²) in [4.78, 5) is 27.8. The van der Waals surface area contributed by atoms with E-state index in [9.17, 15) is 9.59 Å². The summed E-state index contributed by atoms with van der Waals surface area (Å²) in [7, 11) is 0. The molecule has 1 aliphatic heterocycles. The quantitative estimate of drug-likeness (QED) is 0.731. The monoisotopic (exact) mass is 394 g/mol. The highest BCUT2D eigenvalue weighted by atomic mass is 16.2. The molecule has 1 unspecified atom stereocenters. The Morgan fingerprint density at radius 2 is 1.83 bits per heavy atom. The maximum absolute atomic E-state index is 13.2. The van der Waals surface area contributed by atoms with Crippen LogP contribution in [0, 0.1) is 11.8 Å². The smallest absolute Gasteiger partial charge is 0.230 e. The lowest BCUT2D eigenvalue weighted by Crippen LogP contribution is -2.42. The molecular weight excluding hydrogens is 360 g/mol. The van der Waals surface area contributed by atoms with Gasteiger partial charge in [0.1, 0.15) is 0 Å². The molecule has 0 aromatic heterocycles. The molecule has 1 saturated carbocycles. The summed E-state index contributed by atoms with van der Waals surface area (Å²) in [6.45, 7) is 2.89. The van der Waals surface area contributed by atoms with Crippen molar-refractivity contribution in [3.05, 3.63) is 41.5 Å². The summed E-state index contributed by atoms with van der Waals surface area (Å²) >= 11 is 0. The molecule has 1 N–H and O–H groups in total. The fraction of sp³-hybridized carbons (Fsp3) is 0.600. The van der Waals surface area contributed by atoms with Gasteiger partial charge in [-0.2, -0.15) is 0 Å². The maximum atomic E-state index is 13.2. The third kappa shape index (κ3) is 4.57. The van der Waals surface area contributed by atoms with Crippen LogP contribution in [-0.2, 0) is 16.0 Å². The summed E-state index contributed by atoms with van der Waals surface area (Å²) in [5, 5.41) is 3.14. The molecule has 4 heteroatoms. The highest BCUT2D eigenvalue weighted by Gasteiger charge is 2.37. The molecule has 4 rings (SSSR count). The van der Waals surface area contributed by atoms with Crippen molar-refractivity contribution in [1.29, 1.82) is 0 Å². The van der Waals surface area contributed by atoms with Gasteiger partial charge in [-0.05, 0) is 82.8 Å². The van der Waals surface area contributed by atoms with E-state index in [1.165, 1.54) is 36.8 Å². The van der Waals surface area contributed by atoms with Crippen LogP contribution >= 0.6 is 0 Å². The van der Waals surface area contributed by atoms with Gasteiger partial charge >= 0.3 is 0 Å². The first-order chi connectivity index (χ1) is 14.1. The van der Waals surface area contributed by atoms with Crippen molar-refractivity contribution in [3.63, 3.8) is 0 Å². The average molecular weight is 395 g/mol. The Morgan fingerprint density at radius 3 is 2.59 bits per heavy atom. The van der Waals surface area contributed by atoms with Crippen LogP contribution in [0.25, 0.3) is 0 Å². The largest absolute Gasteiger partial charge is 0.356 e. The average Bonchev–Trinajstić information content (AvgIpc) is 3.09. The topological polar surface area (TPSA) is 49.4 Å². The van der Waals surface area contributed by atoms with Gasteiger partial charge in [-0.3, -0.25) is 9.59 Å². The van der Waals surface area contributed by atoms with Crippen molar-refractivity contribution in [1.82, 2.24) is 5.32 Å². The predicted octanol–water partition coefficient (Wildman–Crippen LogP) is 4.78. The lowest BCUT2D eigenvalue weighted by molar-refractivity contribution is -0.129. The molecule has 156 valence electrons. The van der Waals surface area contributed by atoms with Crippen LogP contribution in [0.1, 0.15) is 70.3 Å². The van der Waals surface area contributed by atoms with Crippen LogP contribution in [-0.4, -0.2) is 24.4 Å². The van der Waals surface area contributed by atoms with Crippen molar-refractivity contribution in [2.75, 3.05) is 11.4 Å². The van der Waals surface area contributed by atoms with Crippen LogP contribution in [0.4, 0.5) is 5.69 Å². The Labute approximate surface area is 174 Å². The molecule has 1 atom stereocenters. The number of rotatable bonds is 5.